The average molecular weight is 431 g/mol. The number of anilines is 1. The summed E-state index contributed by atoms with van der Waals surface area (Å²) in [7, 11) is 0. The molecule has 5 aromatic rings. The molecule has 5 nitrogen and oxygen atoms in total. The van der Waals surface area contributed by atoms with E-state index in [4.69, 9.17) is 0 Å². The molecule has 0 aliphatic heterocycles. The Labute approximate surface area is 192 Å². The van der Waals surface area contributed by atoms with Crippen molar-refractivity contribution in [1.82, 2.24) is 15.2 Å². The van der Waals surface area contributed by atoms with E-state index in [1.807, 2.05) is 54.6 Å². The minimum atomic E-state index is -0.0345. The van der Waals surface area contributed by atoms with Crippen molar-refractivity contribution in [3.8, 4) is 22.4 Å². The van der Waals surface area contributed by atoms with Gasteiger partial charge in [0.1, 0.15) is 5.69 Å². The zero-order valence-electron chi connectivity index (χ0n) is 18.2. The van der Waals surface area contributed by atoms with E-state index >= 15 is 0 Å². The Balaban J connectivity index is 1.70. The number of rotatable bonds is 6. The number of carbonyl (C=O) groups is 1. The van der Waals surface area contributed by atoms with E-state index in [0.29, 0.717) is 23.6 Å². The lowest BCUT2D eigenvalue weighted by Crippen LogP contribution is -2.05. The molecule has 0 saturated heterocycles. The normalized spacial score (nSPS) is 10.8. The number of hydrogen-bond donors (Lipinski definition) is 1. The van der Waals surface area contributed by atoms with Crippen LogP contribution < -0.4 is 5.32 Å². The van der Waals surface area contributed by atoms with Gasteiger partial charge in [-0.2, -0.15) is 0 Å². The molecule has 5 heteroatoms. The Morgan fingerprint density at radius 3 is 2.33 bits per heavy atom. The van der Waals surface area contributed by atoms with Crippen LogP contribution in [-0.4, -0.2) is 21.0 Å². The lowest BCUT2D eigenvalue weighted by atomic mass is 9.96. The van der Waals surface area contributed by atoms with Crippen molar-refractivity contribution in [1.29, 1.82) is 0 Å². The molecule has 5 rings (SSSR count). The van der Waals surface area contributed by atoms with Crippen LogP contribution in [0.3, 0.4) is 0 Å². The highest BCUT2D eigenvalue weighted by Gasteiger charge is 2.16. The standard InChI is InChI=1S/C28H22N4O/c1-19(33)22-15-23(18-29-17-22)27-25-14-8-13-24(21-11-6-3-7-12-21)26(25)28(32-31-27)30-16-20-9-4-2-5-10-20/h2-15,17-18H,16H2,1H3,(H,30,32). The molecule has 0 radical (unpaired) electrons. The number of ketones is 1. The van der Waals surface area contributed by atoms with Gasteiger partial charge in [0.15, 0.2) is 11.6 Å². The molecule has 0 fully saturated rings. The largest absolute Gasteiger partial charge is 0.364 e. The maximum absolute atomic E-state index is 11.9. The summed E-state index contributed by atoms with van der Waals surface area (Å²) in [5, 5.41) is 14.6. The maximum Gasteiger partial charge on any atom is 0.161 e. The average Bonchev–Trinajstić information content (AvgIpc) is 2.88. The van der Waals surface area contributed by atoms with E-state index in [1.54, 1.807) is 12.4 Å². The van der Waals surface area contributed by atoms with Gasteiger partial charge in [-0.15, -0.1) is 10.2 Å². The van der Waals surface area contributed by atoms with Gasteiger partial charge in [-0.25, -0.2) is 0 Å². The summed E-state index contributed by atoms with van der Waals surface area (Å²) in [5.41, 5.74) is 5.33. The van der Waals surface area contributed by atoms with E-state index in [9.17, 15) is 4.79 Å². The van der Waals surface area contributed by atoms with Gasteiger partial charge in [0.2, 0.25) is 0 Å². The summed E-state index contributed by atoms with van der Waals surface area (Å²) in [6.45, 7) is 2.17. The van der Waals surface area contributed by atoms with Crippen LogP contribution >= 0.6 is 0 Å². The highest BCUT2D eigenvalue weighted by atomic mass is 16.1. The summed E-state index contributed by atoms with van der Waals surface area (Å²) >= 11 is 0. The van der Waals surface area contributed by atoms with Crippen molar-refractivity contribution in [3.63, 3.8) is 0 Å². The SMILES string of the molecule is CC(=O)c1cncc(-c2nnc(NCc3ccccc3)c3c(-c4ccccc4)cccc23)c1. The van der Waals surface area contributed by atoms with Crippen LogP contribution in [0.25, 0.3) is 33.2 Å². The predicted octanol–water partition coefficient (Wildman–Crippen LogP) is 6.17. The van der Waals surface area contributed by atoms with E-state index in [0.717, 1.165) is 33.0 Å². The lowest BCUT2D eigenvalue weighted by Gasteiger charge is -2.15. The number of fused-ring (bicyclic) bond motifs is 1. The van der Waals surface area contributed by atoms with Crippen LogP contribution in [0.15, 0.2) is 97.3 Å². The first kappa shape index (κ1) is 20.5. The van der Waals surface area contributed by atoms with E-state index in [1.165, 1.54) is 6.92 Å². The minimum Gasteiger partial charge on any atom is -0.364 e. The van der Waals surface area contributed by atoms with Crippen LogP contribution in [0.5, 0.6) is 0 Å². The van der Waals surface area contributed by atoms with Gasteiger partial charge in [0.25, 0.3) is 0 Å². The minimum absolute atomic E-state index is 0.0345. The summed E-state index contributed by atoms with van der Waals surface area (Å²) < 4.78 is 0. The van der Waals surface area contributed by atoms with Gasteiger partial charge in [-0.3, -0.25) is 9.78 Å². The molecule has 0 bridgehead atoms. The molecule has 160 valence electrons. The summed E-state index contributed by atoms with van der Waals surface area (Å²) in [5.74, 6) is 0.681. The topological polar surface area (TPSA) is 67.8 Å². The molecule has 2 aromatic heterocycles. The molecule has 0 unspecified atom stereocenters. The zero-order valence-corrected chi connectivity index (χ0v) is 18.2. The number of hydrogen-bond acceptors (Lipinski definition) is 5. The fourth-order valence-electron chi connectivity index (χ4n) is 3.95. The van der Waals surface area contributed by atoms with Crippen LogP contribution in [0.2, 0.25) is 0 Å². The number of nitrogens with zero attached hydrogens (tertiary/aromatic N) is 3. The first-order valence-electron chi connectivity index (χ1n) is 10.8. The highest BCUT2D eigenvalue weighted by Crippen LogP contribution is 2.37. The van der Waals surface area contributed by atoms with Gasteiger partial charge in [0, 0.05) is 40.8 Å². The molecule has 0 aliphatic rings. The highest BCUT2D eigenvalue weighted by molar-refractivity contribution is 6.08. The van der Waals surface area contributed by atoms with Crippen molar-refractivity contribution in [2.75, 3.05) is 5.32 Å². The van der Waals surface area contributed by atoms with Crippen LogP contribution in [0.1, 0.15) is 22.8 Å². The lowest BCUT2D eigenvalue weighted by molar-refractivity contribution is 0.101. The number of carbonyl (C=O) groups excluding carboxylic acids is 1. The molecule has 0 atom stereocenters. The van der Waals surface area contributed by atoms with Gasteiger partial charge >= 0.3 is 0 Å². The van der Waals surface area contributed by atoms with E-state index in [-0.39, 0.29) is 5.78 Å². The second kappa shape index (κ2) is 9.01. The Hall–Kier alpha value is -4.38. The third-order valence-electron chi connectivity index (χ3n) is 5.61. The van der Waals surface area contributed by atoms with Gasteiger partial charge in [-0.1, -0.05) is 78.9 Å². The molecule has 0 saturated carbocycles. The number of pyridine rings is 1. The smallest absolute Gasteiger partial charge is 0.161 e. The molecule has 0 amide bonds. The number of Topliss-reactive ketones (excluding diaryl/α,β-unsaturated/α-hetero) is 1. The van der Waals surface area contributed by atoms with Crippen molar-refractivity contribution in [2.45, 2.75) is 13.5 Å². The van der Waals surface area contributed by atoms with Crippen molar-refractivity contribution in [2.24, 2.45) is 0 Å². The fraction of sp³-hybridized carbons (Fsp3) is 0.0714. The number of nitrogens with one attached hydrogen (secondary N) is 1. The van der Waals surface area contributed by atoms with Gasteiger partial charge in [0.05, 0.1) is 0 Å². The second-order valence-electron chi connectivity index (χ2n) is 7.85. The Morgan fingerprint density at radius 2 is 1.58 bits per heavy atom. The molecule has 0 aliphatic carbocycles. The fourth-order valence-corrected chi connectivity index (χ4v) is 3.95. The molecule has 1 N–H and O–H groups in total. The second-order valence-corrected chi connectivity index (χ2v) is 7.85. The Morgan fingerprint density at radius 1 is 0.818 bits per heavy atom. The molecule has 2 heterocycles. The molecule has 33 heavy (non-hydrogen) atoms. The van der Waals surface area contributed by atoms with Crippen molar-refractivity contribution < 1.29 is 4.79 Å². The van der Waals surface area contributed by atoms with Crippen molar-refractivity contribution >= 4 is 22.4 Å². The van der Waals surface area contributed by atoms with Crippen LogP contribution in [0, 0.1) is 0 Å². The first-order chi connectivity index (χ1) is 16.2. The zero-order chi connectivity index (χ0) is 22.6. The summed E-state index contributed by atoms with van der Waals surface area (Å²) in [4.78, 5) is 16.2. The van der Waals surface area contributed by atoms with Crippen molar-refractivity contribution in [3.05, 3.63) is 108 Å². The Bertz CT molecular complexity index is 1430. The quantitative estimate of drug-likeness (QED) is 0.326. The maximum atomic E-state index is 11.9. The van der Waals surface area contributed by atoms with E-state index in [2.05, 4.69) is 50.8 Å². The first-order valence-corrected chi connectivity index (χ1v) is 10.8. The molecular weight excluding hydrogens is 408 g/mol. The predicted molar refractivity (Wildman–Crippen MR) is 132 cm³/mol. The van der Waals surface area contributed by atoms with Gasteiger partial charge in [-0.05, 0) is 29.7 Å². The summed E-state index contributed by atoms with van der Waals surface area (Å²) in [6.07, 6.45) is 3.30. The number of aromatic nitrogens is 3. The molecule has 0 spiro atoms. The van der Waals surface area contributed by atoms with Crippen LogP contribution in [0.4, 0.5) is 5.82 Å². The Kier molecular flexibility index (Phi) is 5.60. The third kappa shape index (κ3) is 4.21. The van der Waals surface area contributed by atoms with Crippen LogP contribution in [-0.2, 0) is 6.54 Å². The number of benzene rings is 3. The summed E-state index contributed by atoms with van der Waals surface area (Å²) in [6, 6.07) is 28.4. The van der Waals surface area contributed by atoms with E-state index < -0.39 is 0 Å². The monoisotopic (exact) mass is 430 g/mol. The third-order valence-corrected chi connectivity index (χ3v) is 5.61. The van der Waals surface area contributed by atoms with Gasteiger partial charge < -0.3 is 5.32 Å². The molecular formula is C28H22N4O. The molecule has 3 aromatic carbocycles.